The summed E-state index contributed by atoms with van der Waals surface area (Å²) in [5.74, 6) is -0.0531. The Labute approximate surface area is 120 Å². The van der Waals surface area contributed by atoms with E-state index in [1.54, 1.807) is 24.1 Å². The Kier molecular flexibility index (Phi) is 4.41. The van der Waals surface area contributed by atoms with E-state index >= 15 is 0 Å². The van der Waals surface area contributed by atoms with Crippen molar-refractivity contribution in [2.75, 3.05) is 12.8 Å². The molecule has 2 aromatic rings. The molecule has 3 nitrogen and oxygen atoms in total. The fourth-order valence-electron chi connectivity index (χ4n) is 2.12. The van der Waals surface area contributed by atoms with E-state index in [1.165, 1.54) is 5.56 Å². The molecule has 1 amide bonds. The minimum absolute atomic E-state index is 0.0531. The van der Waals surface area contributed by atoms with Crippen molar-refractivity contribution >= 4 is 11.6 Å². The van der Waals surface area contributed by atoms with Crippen molar-refractivity contribution in [1.82, 2.24) is 4.90 Å². The Hall–Kier alpha value is -2.29. The number of hydrogen-bond donors (Lipinski definition) is 1. The smallest absolute Gasteiger partial charge is 0.255 e. The fourth-order valence-corrected chi connectivity index (χ4v) is 2.12. The quantitative estimate of drug-likeness (QED) is 0.866. The molecule has 0 aliphatic carbocycles. The van der Waals surface area contributed by atoms with Crippen LogP contribution in [0.3, 0.4) is 0 Å². The summed E-state index contributed by atoms with van der Waals surface area (Å²) in [5.41, 5.74) is 9.34. The van der Waals surface area contributed by atoms with Gasteiger partial charge in [0.05, 0.1) is 5.56 Å². The maximum absolute atomic E-state index is 12.3. The van der Waals surface area contributed by atoms with Crippen LogP contribution in [0, 0.1) is 0 Å². The molecule has 0 aliphatic rings. The lowest BCUT2D eigenvalue weighted by Gasteiger charge is -2.18. The number of para-hydroxylation sites is 1. The van der Waals surface area contributed by atoms with Crippen molar-refractivity contribution in [1.29, 1.82) is 0 Å². The third kappa shape index (κ3) is 3.18. The highest BCUT2D eigenvalue weighted by Crippen LogP contribution is 2.15. The molecule has 0 saturated carbocycles. The third-order valence-corrected chi connectivity index (χ3v) is 3.39. The Morgan fingerprint density at radius 1 is 1.05 bits per heavy atom. The standard InChI is InChI=1S/C17H20N2O/c1-3-13-8-10-14(11-9-13)12-19(2)17(20)15-6-4-5-7-16(15)18/h4-11H,3,12,18H2,1-2H3. The first-order valence-electron chi connectivity index (χ1n) is 6.79. The average Bonchev–Trinajstić information content (AvgIpc) is 2.48. The van der Waals surface area contributed by atoms with Crippen LogP contribution in [0.4, 0.5) is 5.69 Å². The van der Waals surface area contributed by atoms with E-state index < -0.39 is 0 Å². The first kappa shape index (κ1) is 14.1. The number of nitrogens with zero attached hydrogens (tertiary/aromatic N) is 1. The van der Waals surface area contributed by atoms with E-state index in [-0.39, 0.29) is 5.91 Å². The summed E-state index contributed by atoms with van der Waals surface area (Å²) in [6.07, 6.45) is 1.02. The molecule has 0 spiro atoms. The van der Waals surface area contributed by atoms with E-state index in [4.69, 9.17) is 5.73 Å². The van der Waals surface area contributed by atoms with Gasteiger partial charge < -0.3 is 10.6 Å². The Bertz CT molecular complexity index is 590. The molecule has 0 aromatic heterocycles. The lowest BCUT2D eigenvalue weighted by molar-refractivity contribution is 0.0786. The summed E-state index contributed by atoms with van der Waals surface area (Å²) in [6, 6.07) is 15.5. The highest BCUT2D eigenvalue weighted by atomic mass is 16.2. The van der Waals surface area contributed by atoms with Gasteiger partial charge in [-0.05, 0) is 29.7 Å². The van der Waals surface area contributed by atoms with Crippen LogP contribution in [-0.2, 0) is 13.0 Å². The zero-order valence-corrected chi connectivity index (χ0v) is 12.0. The van der Waals surface area contributed by atoms with Gasteiger partial charge in [-0.1, -0.05) is 43.3 Å². The lowest BCUT2D eigenvalue weighted by Crippen LogP contribution is -2.26. The molecule has 0 radical (unpaired) electrons. The molecule has 3 heteroatoms. The molecule has 0 aliphatic heterocycles. The number of nitrogens with two attached hydrogens (primary N) is 1. The Balaban J connectivity index is 2.09. The average molecular weight is 268 g/mol. The predicted molar refractivity (Wildman–Crippen MR) is 82.5 cm³/mol. The second-order valence-corrected chi connectivity index (χ2v) is 4.92. The summed E-state index contributed by atoms with van der Waals surface area (Å²) in [5, 5.41) is 0. The van der Waals surface area contributed by atoms with Crippen molar-refractivity contribution in [2.45, 2.75) is 19.9 Å². The van der Waals surface area contributed by atoms with Gasteiger partial charge in [-0.3, -0.25) is 4.79 Å². The second-order valence-electron chi connectivity index (χ2n) is 4.92. The van der Waals surface area contributed by atoms with Gasteiger partial charge >= 0.3 is 0 Å². The van der Waals surface area contributed by atoms with Gasteiger partial charge in [0.25, 0.3) is 5.91 Å². The monoisotopic (exact) mass is 268 g/mol. The Morgan fingerprint density at radius 3 is 2.25 bits per heavy atom. The van der Waals surface area contributed by atoms with Crippen molar-refractivity contribution in [3.05, 3.63) is 65.2 Å². The Morgan fingerprint density at radius 2 is 1.65 bits per heavy atom. The summed E-state index contributed by atoms with van der Waals surface area (Å²) in [6.45, 7) is 2.71. The number of carbonyl (C=O) groups is 1. The topological polar surface area (TPSA) is 46.3 Å². The summed E-state index contributed by atoms with van der Waals surface area (Å²) in [7, 11) is 1.79. The van der Waals surface area contributed by atoms with Crippen LogP contribution in [0.25, 0.3) is 0 Å². The second kappa shape index (κ2) is 6.24. The first-order chi connectivity index (χ1) is 9.61. The molecule has 0 fully saturated rings. The predicted octanol–water partition coefficient (Wildman–Crippen LogP) is 3.10. The van der Waals surface area contributed by atoms with Crippen LogP contribution in [0.2, 0.25) is 0 Å². The van der Waals surface area contributed by atoms with E-state index in [0.29, 0.717) is 17.8 Å². The number of rotatable bonds is 4. The van der Waals surface area contributed by atoms with Crippen LogP contribution in [0.5, 0.6) is 0 Å². The van der Waals surface area contributed by atoms with Crippen LogP contribution in [-0.4, -0.2) is 17.9 Å². The molecule has 2 aromatic carbocycles. The number of benzene rings is 2. The molecule has 0 unspecified atom stereocenters. The maximum Gasteiger partial charge on any atom is 0.255 e. The van der Waals surface area contributed by atoms with E-state index in [0.717, 1.165) is 12.0 Å². The van der Waals surface area contributed by atoms with Crippen LogP contribution >= 0.6 is 0 Å². The van der Waals surface area contributed by atoms with Gasteiger partial charge in [-0.25, -0.2) is 0 Å². The number of carbonyl (C=O) groups excluding carboxylic acids is 1. The normalized spacial score (nSPS) is 10.3. The number of hydrogen-bond acceptors (Lipinski definition) is 2. The molecule has 0 atom stereocenters. The van der Waals surface area contributed by atoms with Crippen LogP contribution < -0.4 is 5.73 Å². The first-order valence-corrected chi connectivity index (χ1v) is 6.79. The van der Waals surface area contributed by atoms with Crippen LogP contribution in [0.15, 0.2) is 48.5 Å². The molecule has 2 N–H and O–H groups in total. The molecular formula is C17H20N2O. The van der Waals surface area contributed by atoms with E-state index in [2.05, 4.69) is 31.2 Å². The SMILES string of the molecule is CCc1ccc(CN(C)C(=O)c2ccccc2N)cc1. The summed E-state index contributed by atoms with van der Waals surface area (Å²) < 4.78 is 0. The molecule has 0 heterocycles. The van der Waals surface area contributed by atoms with E-state index in [1.807, 2.05) is 12.1 Å². The molecule has 104 valence electrons. The molecule has 0 saturated heterocycles. The van der Waals surface area contributed by atoms with Gasteiger partial charge in [0.1, 0.15) is 0 Å². The largest absolute Gasteiger partial charge is 0.398 e. The third-order valence-electron chi connectivity index (χ3n) is 3.39. The van der Waals surface area contributed by atoms with Crippen molar-refractivity contribution in [3.8, 4) is 0 Å². The summed E-state index contributed by atoms with van der Waals surface area (Å²) >= 11 is 0. The maximum atomic E-state index is 12.3. The lowest BCUT2D eigenvalue weighted by atomic mass is 10.1. The number of anilines is 1. The van der Waals surface area contributed by atoms with Gasteiger partial charge in [-0.2, -0.15) is 0 Å². The van der Waals surface area contributed by atoms with Gasteiger partial charge in [0.15, 0.2) is 0 Å². The zero-order chi connectivity index (χ0) is 14.5. The van der Waals surface area contributed by atoms with Gasteiger partial charge in [0.2, 0.25) is 0 Å². The van der Waals surface area contributed by atoms with Crippen molar-refractivity contribution in [2.24, 2.45) is 0 Å². The van der Waals surface area contributed by atoms with Gasteiger partial charge in [0, 0.05) is 19.3 Å². The number of nitrogen functional groups attached to an aromatic ring is 1. The highest BCUT2D eigenvalue weighted by Gasteiger charge is 2.14. The molecule has 2 rings (SSSR count). The molecule has 20 heavy (non-hydrogen) atoms. The fraction of sp³-hybridized carbons (Fsp3) is 0.235. The highest BCUT2D eigenvalue weighted by molar-refractivity contribution is 5.98. The van der Waals surface area contributed by atoms with E-state index in [9.17, 15) is 4.79 Å². The minimum atomic E-state index is -0.0531. The number of aryl methyl sites for hydroxylation is 1. The van der Waals surface area contributed by atoms with Crippen LogP contribution in [0.1, 0.15) is 28.4 Å². The summed E-state index contributed by atoms with van der Waals surface area (Å²) in [4.78, 5) is 14.0. The zero-order valence-electron chi connectivity index (χ0n) is 12.0. The van der Waals surface area contributed by atoms with Gasteiger partial charge in [-0.15, -0.1) is 0 Å². The van der Waals surface area contributed by atoms with Crippen molar-refractivity contribution in [3.63, 3.8) is 0 Å². The minimum Gasteiger partial charge on any atom is -0.398 e. The van der Waals surface area contributed by atoms with Crippen molar-refractivity contribution < 1.29 is 4.79 Å². The molecule has 0 bridgehead atoms. The number of amides is 1. The molecular weight excluding hydrogens is 248 g/mol.